The van der Waals surface area contributed by atoms with Crippen LogP contribution in [0.1, 0.15) is 38.5 Å². The maximum atomic E-state index is 11.9. The molecule has 1 heterocycles. The third kappa shape index (κ3) is 3.39. The van der Waals surface area contributed by atoms with Crippen molar-refractivity contribution >= 4 is 21.7 Å². The first-order valence-corrected chi connectivity index (χ1v) is 9.54. The molecule has 2 saturated carbocycles. The molecule has 4 atom stereocenters. The van der Waals surface area contributed by atoms with Crippen LogP contribution in [0.15, 0.2) is 0 Å². The highest BCUT2D eigenvalue weighted by atomic mass is 32.2. The van der Waals surface area contributed by atoms with Crippen molar-refractivity contribution < 1.29 is 18.0 Å². The van der Waals surface area contributed by atoms with E-state index in [4.69, 9.17) is 0 Å². The van der Waals surface area contributed by atoms with Gasteiger partial charge in [-0.1, -0.05) is 6.42 Å². The average Bonchev–Trinajstić information content (AvgIpc) is 3.11. The van der Waals surface area contributed by atoms with Crippen LogP contribution in [-0.2, 0) is 19.4 Å². The molecule has 3 aliphatic rings. The Morgan fingerprint density at radius 1 is 1.05 bits per heavy atom. The Hall–Kier alpha value is -1.11. The lowest BCUT2D eigenvalue weighted by Crippen LogP contribution is -2.45. The minimum atomic E-state index is -3.08. The van der Waals surface area contributed by atoms with Crippen molar-refractivity contribution in [2.75, 3.05) is 11.5 Å². The van der Waals surface area contributed by atoms with E-state index in [9.17, 15) is 18.0 Å². The summed E-state index contributed by atoms with van der Waals surface area (Å²) in [6.45, 7) is 0. The number of hydrogen-bond donors (Lipinski definition) is 2. The monoisotopic (exact) mass is 314 g/mol. The van der Waals surface area contributed by atoms with E-state index in [0.717, 1.165) is 12.3 Å². The number of carbonyl (C=O) groups excluding carboxylic acids is 2. The molecule has 1 saturated heterocycles. The molecule has 0 spiro atoms. The Morgan fingerprint density at radius 3 is 2.43 bits per heavy atom. The molecule has 0 aromatic rings. The molecule has 3 rings (SSSR count). The quantitative estimate of drug-likeness (QED) is 0.737. The minimum absolute atomic E-state index is 0.0597. The first-order chi connectivity index (χ1) is 9.93. The van der Waals surface area contributed by atoms with Crippen LogP contribution in [0.5, 0.6) is 0 Å². The standard InChI is InChI=1S/C14H22N2O4S/c17-13(7-12-6-9-1-2-10(12)5-9)15-16-14(18)11-3-4-21(19,20)8-11/h9-12H,1-8H2,(H,15,17)(H,16,18)/t9-,10+,11-,12-/m1/s1. The summed E-state index contributed by atoms with van der Waals surface area (Å²) in [4.78, 5) is 23.7. The van der Waals surface area contributed by atoms with Crippen LogP contribution in [-0.4, -0.2) is 31.7 Å². The molecule has 7 heteroatoms. The molecule has 6 nitrogen and oxygen atoms in total. The van der Waals surface area contributed by atoms with Gasteiger partial charge in [-0.3, -0.25) is 20.4 Å². The second-order valence-corrected chi connectivity index (χ2v) is 9.01. The average molecular weight is 314 g/mol. The Balaban J connectivity index is 1.41. The number of sulfone groups is 1. The summed E-state index contributed by atoms with van der Waals surface area (Å²) < 4.78 is 22.6. The van der Waals surface area contributed by atoms with Crippen LogP contribution in [0.25, 0.3) is 0 Å². The van der Waals surface area contributed by atoms with E-state index in [-0.39, 0.29) is 17.4 Å². The van der Waals surface area contributed by atoms with E-state index in [2.05, 4.69) is 10.9 Å². The normalized spacial score (nSPS) is 36.6. The van der Waals surface area contributed by atoms with Crippen LogP contribution >= 0.6 is 0 Å². The van der Waals surface area contributed by atoms with E-state index < -0.39 is 21.7 Å². The molecule has 2 N–H and O–H groups in total. The maximum Gasteiger partial charge on any atom is 0.242 e. The summed E-state index contributed by atoms with van der Waals surface area (Å²) in [5.74, 6) is 0.789. The Labute approximate surface area is 124 Å². The number of rotatable bonds is 3. The molecule has 2 bridgehead atoms. The van der Waals surface area contributed by atoms with Crippen LogP contribution < -0.4 is 10.9 Å². The van der Waals surface area contributed by atoms with Gasteiger partial charge in [0, 0.05) is 6.42 Å². The molecule has 0 radical (unpaired) electrons. The summed E-state index contributed by atoms with van der Waals surface area (Å²) in [5.41, 5.74) is 4.82. The summed E-state index contributed by atoms with van der Waals surface area (Å²) in [6, 6.07) is 0. The Morgan fingerprint density at radius 2 is 1.86 bits per heavy atom. The smallest absolute Gasteiger partial charge is 0.242 e. The summed E-state index contributed by atoms with van der Waals surface area (Å²) in [5, 5.41) is 0. The van der Waals surface area contributed by atoms with Crippen molar-refractivity contribution in [3.8, 4) is 0 Å². The fraction of sp³-hybridized carbons (Fsp3) is 0.857. The van der Waals surface area contributed by atoms with Crippen molar-refractivity contribution in [2.45, 2.75) is 38.5 Å². The predicted molar refractivity (Wildman–Crippen MR) is 76.6 cm³/mol. The maximum absolute atomic E-state index is 11.9. The van der Waals surface area contributed by atoms with Gasteiger partial charge < -0.3 is 0 Å². The number of hydrazine groups is 1. The number of fused-ring (bicyclic) bond motifs is 2. The first kappa shape index (κ1) is 14.8. The van der Waals surface area contributed by atoms with Crippen molar-refractivity contribution in [3.05, 3.63) is 0 Å². The van der Waals surface area contributed by atoms with Crippen molar-refractivity contribution in [1.29, 1.82) is 0 Å². The van der Waals surface area contributed by atoms with E-state index >= 15 is 0 Å². The number of hydrogen-bond acceptors (Lipinski definition) is 4. The summed E-state index contributed by atoms with van der Waals surface area (Å²) in [7, 11) is -3.08. The molecular weight excluding hydrogens is 292 g/mol. The van der Waals surface area contributed by atoms with Crippen LogP contribution in [0.2, 0.25) is 0 Å². The lowest BCUT2D eigenvalue weighted by atomic mass is 9.86. The van der Waals surface area contributed by atoms with E-state index in [1.165, 1.54) is 19.3 Å². The van der Waals surface area contributed by atoms with Gasteiger partial charge >= 0.3 is 0 Å². The summed E-state index contributed by atoms with van der Waals surface area (Å²) in [6.07, 6.45) is 5.72. The molecule has 0 unspecified atom stereocenters. The van der Waals surface area contributed by atoms with Crippen molar-refractivity contribution in [1.82, 2.24) is 10.9 Å². The highest BCUT2D eigenvalue weighted by Crippen LogP contribution is 2.49. The second-order valence-electron chi connectivity index (χ2n) is 6.78. The van der Waals surface area contributed by atoms with Crippen molar-refractivity contribution in [3.63, 3.8) is 0 Å². The Bertz CT molecular complexity index is 545. The van der Waals surface area contributed by atoms with Gasteiger partial charge in [0.15, 0.2) is 9.84 Å². The number of carbonyl (C=O) groups is 2. The number of amides is 2. The van der Waals surface area contributed by atoms with Gasteiger partial charge in [-0.15, -0.1) is 0 Å². The zero-order chi connectivity index (χ0) is 15.0. The van der Waals surface area contributed by atoms with Gasteiger partial charge in [-0.25, -0.2) is 8.42 Å². The van der Waals surface area contributed by atoms with Gasteiger partial charge in [0.05, 0.1) is 17.4 Å². The predicted octanol–water partition coefficient (Wildman–Crippen LogP) is 0.395. The van der Waals surface area contributed by atoms with Gasteiger partial charge in [0.25, 0.3) is 0 Å². The highest BCUT2D eigenvalue weighted by Gasteiger charge is 2.40. The fourth-order valence-corrected chi connectivity index (χ4v) is 5.89. The second kappa shape index (κ2) is 5.59. The van der Waals surface area contributed by atoms with E-state index in [0.29, 0.717) is 24.7 Å². The molecule has 1 aliphatic heterocycles. The zero-order valence-electron chi connectivity index (χ0n) is 12.0. The minimum Gasteiger partial charge on any atom is -0.273 e. The lowest BCUT2D eigenvalue weighted by Gasteiger charge is -2.21. The van der Waals surface area contributed by atoms with Gasteiger partial charge in [-0.2, -0.15) is 0 Å². The lowest BCUT2D eigenvalue weighted by molar-refractivity contribution is -0.131. The van der Waals surface area contributed by atoms with Gasteiger partial charge in [0.2, 0.25) is 11.8 Å². The third-order valence-electron chi connectivity index (χ3n) is 5.26. The van der Waals surface area contributed by atoms with Gasteiger partial charge in [0.1, 0.15) is 0 Å². The molecule has 118 valence electrons. The fourth-order valence-electron chi connectivity index (χ4n) is 4.15. The molecule has 0 aromatic carbocycles. The largest absolute Gasteiger partial charge is 0.273 e. The van der Waals surface area contributed by atoms with Crippen LogP contribution in [0, 0.1) is 23.7 Å². The molecule has 21 heavy (non-hydrogen) atoms. The van der Waals surface area contributed by atoms with E-state index in [1.54, 1.807) is 0 Å². The zero-order valence-corrected chi connectivity index (χ0v) is 12.8. The van der Waals surface area contributed by atoms with E-state index in [1.807, 2.05) is 0 Å². The molecular formula is C14H22N2O4S. The molecule has 3 fully saturated rings. The molecule has 2 aliphatic carbocycles. The molecule has 2 amide bonds. The molecule has 0 aromatic heterocycles. The van der Waals surface area contributed by atoms with Crippen LogP contribution in [0.3, 0.4) is 0 Å². The Kier molecular flexibility index (Phi) is 3.94. The number of nitrogens with one attached hydrogen (secondary N) is 2. The van der Waals surface area contributed by atoms with Crippen molar-refractivity contribution in [2.24, 2.45) is 23.7 Å². The SMILES string of the molecule is O=C(C[C@H]1C[C@@H]2CC[C@H]1C2)NNC(=O)[C@@H]1CCS(=O)(=O)C1. The first-order valence-electron chi connectivity index (χ1n) is 7.72. The topological polar surface area (TPSA) is 92.3 Å². The third-order valence-corrected chi connectivity index (χ3v) is 7.03. The summed E-state index contributed by atoms with van der Waals surface area (Å²) >= 11 is 0. The van der Waals surface area contributed by atoms with Gasteiger partial charge in [-0.05, 0) is 43.4 Å². The highest BCUT2D eigenvalue weighted by molar-refractivity contribution is 7.91. The van der Waals surface area contributed by atoms with Crippen LogP contribution in [0.4, 0.5) is 0 Å².